The molecule has 0 bridgehead atoms. The van der Waals surface area contributed by atoms with Gasteiger partial charge in [0.2, 0.25) is 5.91 Å². The van der Waals surface area contributed by atoms with E-state index in [2.05, 4.69) is 17.1 Å². The number of carbonyl (C=O) groups is 2. The zero-order valence-corrected chi connectivity index (χ0v) is 19.0. The van der Waals surface area contributed by atoms with E-state index in [1.54, 1.807) is 4.90 Å². The van der Waals surface area contributed by atoms with Crippen LogP contribution in [0.4, 0.5) is 0 Å². The Morgan fingerprint density at radius 3 is 2.45 bits per heavy atom. The molecule has 3 aliphatic heterocycles. The predicted molar refractivity (Wildman–Crippen MR) is 115 cm³/mol. The first-order chi connectivity index (χ1) is 13.8. The van der Waals surface area contributed by atoms with Crippen molar-refractivity contribution < 1.29 is 9.59 Å². The Bertz CT molecular complexity index is 628. The zero-order chi connectivity index (χ0) is 20.8. The van der Waals surface area contributed by atoms with Crippen LogP contribution in [0.25, 0.3) is 0 Å². The predicted octanol–water partition coefficient (Wildman–Crippen LogP) is 2.26. The largest absolute Gasteiger partial charge is 0.329 e. The van der Waals surface area contributed by atoms with Gasteiger partial charge in [0.25, 0.3) is 5.91 Å². The second-order valence-corrected chi connectivity index (χ2v) is 10.8. The van der Waals surface area contributed by atoms with Gasteiger partial charge in [-0.25, -0.2) is 0 Å². The summed E-state index contributed by atoms with van der Waals surface area (Å²) in [4.78, 5) is 32.9. The number of hydrogen-bond acceptors (Lipinski definition) is 4. The van der Waals surface area contributed by atoms with E-state index in [0.717, 1.165) is 38.6 Å². The third-order valence-electron chi connectivity index (χ3n) is 7.64. The molecule has 7 heteroatoms. The van der Waals surface area contributed by atoms with Gasteiger partial charge in [0.1, 0.15) is 12.1 Å². The molecule has 1 saturated carbocycles. The van der Waals surface area contributed by atoms with E-state index in [1.165, 1.54) is 6.42 Å². The summed E-state index contributed by atoms with van der Waals surface area (Å²) >= 11 is 6.29. The molecule has 0 aromatic carbocycles. The molecule has 4 rings (SSSR count). The molecule has 3 heterocycles. The van der Waals surface area contributed by atoms with Gasteiger partial charge in [0.15, 0.2) is 0 Å². The highest BCUT2D eigenvalue weighted by Crippen LogP contribution is 2.39. The molecule has 0 aromatic heterocycles. The first-order valence-corrected chi connectivity index (χ1v) is 12.0. The zero-order valence-electron chi connectivity index (χ0n) is 18.2. The van der Waals surface area contributed by atoms with Gasteiger partial charge in [0.05, 0.1) is 6.17 Å². The Balaban J connectivity index is 1.51. The van der Waals surface area contributed by atoms with Crippen LogP contribution in [0.2, 0.25) is 0 Å². The maximum Gasteiger partial charge on any atom is 0.251 e. The lowest BCUT2D eigenvalue weighted by Crippen LogP contribution is -2.83. The van der Waals surface area contributed by atoms with Crippen LogP contribution >= 0.6 is 11.6 Å². The van der Waals surface area contributed by atoms with E-state index in [0.29, 0.717) is 37.6 Å². The normalized spacial score (nSPS) is 36.0. The molecule has 0 aromatic rings. The van der Waals surface area contributed by atoms with Crippen LogP contribution in [-0.2, 0) is 9.59 Å². The maximum absolute atomic E-state index is 13.6. The molecule has 2 atom stereocenters. The van der Waals surface area contributed by atoms with Crippen molar-refractivity contribution in [1.82, 2.24) is 20.0 Å². The Labute approximate surface area is 180 Å². The third-order valence-corrected chi connectivity index (χ3v) is 8.07. The molecule has 29 heavy (non-hydrogen) atoms. The number of carbonyl (C=O) groups excluding carboxylic acids is 2. The van der Waals surface area contributed by atoms with Crippen LogP contribution in [0, 0.1) is 11.8 Å². The van der Waals surface area contributed by atoms with Gasteiger partial charge in [-0.1, -0.05) is 6.92 Å². The van der Waals surface area contributed by atoms with Crippen molar-refractivity contribution in [3.63, 3.8) is 0 Å². The van der Waals surface area contributed by atoms with Crippen LogP contribution in [0.5, 0.6) is 0 Å². The number of nitrogens with zero attached hydrogens (tertiary/aromatic N) is 3. The lowest BCUT2D eigenvalue weighted by atomic mass is 9.79. The van der Waals surface area contributed by atoms with Crippen LogP contribution < -0.4 is 5.32 Å². The second kappa shape index (κ2) is 8.35. The first kappa shape index (κ1) is 21.4. The van der Waals surface area contributed by atoms with Crippen LogP contribution in [0.15, 0.2) is 0 Å². The number of nitrogens with one attached hydrogen (secondary N) is 1. The molecule has 6 nitrogen and oxygen atoms in total. The molecule has 3 saturated heterocycles. The molecule has 0 radical (unpaired) electrons. The van der Waals surface area contributed by atoms with E-state index >= 15 is 0 Å². The Morgan fingerprint density at radius 1 is 1.14 bits per heavy atom. The minimum Gasteiger partial charge on any atom is -0.329 e. The lowest BCUT2D eigenvalue weighted by Gasteiger charge is -2.61. The maximum atomic E-state index is 13.6. The standard InChI is InChI=1S/C22H37ClN4O2/c1-15(2)26-12-20(28)27(11-17-4-6-18(23)7-5-17)22(21(26)29)13-25(14-22)19-10-16(3)8-9-24-19/h15-19,24H,4-14H2,1-3H3. The molecule has 4 aliphatic rings. The van der Waals surface area contributed by atoms with Crippen molar-refractivity contribution in [3.8, 4) is 0 Å². The summed E-state index contributed by atoms with van der Waals surface area (Å²) < 4.78 is 0. The number of amides is 2. The topological polar surface area (TPSA) is 55.9 Å². The van der Waals surface area contributed by atoms with Gasteiger partial charge in [-0.3, -0.25) is 14.5 Å². The summed E-state index contributed by atoms with van der Waals surface area (Å²) in [5, 5.41) is 3.89. The quantitative estimate of drug-likeness (QED) is 0.703. The van der Waals surface area contributed by atoms with Gasteiger partial charge in [-0.05, 0) is 70.8 Å². The van der Waals surface area contributed by atoms with E-state index in [-0.39, 0.29) is 29.8 Å². The summed E-state index contributed by atoms with van der Waals surface area (Å²) in [7, 11) is 0. The van der Waals surface area contributed by atoms with Crippen molar-refractivity contribution in [1.29, 1.82) is 0 Å². The SMILES string of the molecule is CC1CCNC(N2CC3(C2)C(=O)N(C(C)C)CC(=O)N3CC2CCC(Cl)CC2)C1. The molecular formula is C22H37ClN4O2. The van der Waals surface area contributed by atoms with Gasteiger partial charge in [-0.2, -0.15) is 0 Å². The molecule has 1 N–H and O–H groups in total. The summed E-state index contributed by atoms with van der Waals surface area (Å²) in [5.41, 5.74) is -0.667. The van der Waals surface area contributed by atoms with Crippen molar-refractivity contribution >= 4 is 23.4 Å². The number of piperazine rings is 1. The molecule has 1 spiro atoms. The van der Waals surface area contributed by atoms with Crippen LogP contribution in [0.1, 0.15) is 59.3 Å². The highest BCUT2D eigenvalue weighted by Gasteiger charge is 2.61. The molecule has 2 amide bonds. The highest BCUT2D eigenvalue weighted by molar-refractivity contribution is 6.20. The Kier molecular flexibility index (Phi) is 6.16. The van der Waals surface area contributed by atoms with Crippen molar-refractivity contribution in [2.45, 2.75) is 82.4 Å². The highest BCUT2D eigenvalue weighted by atomic mass is 35.5. The average Bonchev–Trinajstić information content (AvgIpc) is 2.64. The molecular weight excluding hydrogens is 388 g/mol. The number of hydrogen-bond donors (Lipinski definition) is 1. The second-order valence-electron chi connectivity index (χ2n) is 10.2. The fraction of sp³-hybridized carbons (Fsp3) is 0.909. The molecule has 2 unspecified atom stereocenters. The van der Waals surface area contributed by atoms with Crippen molar-refractivity contribution in [2.24, 2.45) is 11.8 Å². The Morgan fingerprint density at radius 2 is 1.83 bits per heavy atom. The summed E-state index contributed by atoms with van der Waals surface area (Å²) in [5.74, 6) is 1.44. The van der Waals surface area contributed by atoms with E-state index < -0.39 is 5.54 Å². The summed E-state index contributed by atoms with van der Waals surface area (Å²) in [6.07, 6.45) is 6.81. The molecule has 164 valence electrons. The number of halogens is 1. The average molecular weight is 425 g/mol. The van der Waals surface area contributed by atoms with Crippen molar-refractivity contribution in [2.75, 3.05) is 32.7 Å². The third kappa shape index (κ3) is 4.05. The minimum absolute atomic E-state index is 0.0547. The van der Waals surface area contributed by atoms with Crippen molar-refractivity contribution in [3.05, 3.63) is 0 Å². The number of likely N-dealkylation sites (tertiary alicyclic amines) is 1. The lowest BCUT2D eigenvalue weighted by molar-refractivity contribution is -0.185. The smallest absolute Gasteiger partial charge is 0.251 e. The van der Waals surface area contributed by atoms with Crippen LogP contribution in [-0.4, -0.2) is 82.4 Å². The molecule has 4 fully saturated rings. The molecule has 1 aliphatic carbocycles. The van der Waals surface area contributed by atoms with Gasteiger partial charge in [-0.15, -0.1) is 11.6 Å². The monoisotopic (exact) mass is 424 g/mol. The summed E-state index contributed by atoms with van der Waals surface area (Å²) in [6, 6.07) is 0.0547. The van der Waals surface area contributed by atoms with E-state index in [4.69, 9.17) is 11.6 Å². The van der Waals surface area contributed by atoms with Gasteiger partial charge in [0, 0.05) is 31.1 Å². The summed E-state index contributed by atoms with van der Waals surface area (Å²) in [6.45, 7) is 9.62. The fourth-order valence-electron chi connectivity index (χ4n) is 5.69. The minimum atomic E-state index is -0.667. The number of rotatable bonds is 4. The fourth-order valence-corrected chi connectivity index (χ4v) is 5.94. The van der Waals surface area contributed by atoms with E-state index in [1.807, 2.05) is 18.7 Å². The number of piperidine rings is 1. The number of alkyl halides is 1. The van der Waals surface area contributed by atoms with Gasteiger partial charge >= 0.3 is 0 Å². The first-order valence-electron chi connectivity index (χ1n) is 11.5. The van der Waals surface area contributed by atoms with E-state index in [9.17, 15) is 9.59 Å². The Hall–Kier alpha value is -0.850. The van der Waals surface area contributed by atoms with Crippen LogP contribution in [0.3, 0.4) is 0 Å². The van der Waals surface area contributed by atoms with Gasteiger partial charge < -0.3 is 15.1 Å².